The molecule has 0 saturated heterocycles. The van der Waals surface area contributed by atoms with Gasteiger partial charge in [0.25, 0.3) is 0 Å². The quantitative estimate of drug-likeness (QED) is 0.786. The maximum Gasteiger partial charge on any atom is 0.226 e. The summed E-state index contributed by atoms with van der Waals surface area (Å²) in [5, 5.41) is 15.1. The van der Waals surface area contributed by atoms with Crippen molar-refractivity contribution < 1.29 is 9.63 Å². The van der Waals surface area contributed by atoms with Crippen LogP contribution in [0.5, 0.6) is 0 Å². The van der Waals surface area contributed by atoms with Crippen molar-refractivity contribution in [3.8, 4) is 0 Å². The molecule has 0 fully saturated rings. The van der Waals surface area contributed by atoms with Crippen LogP contribution in [-0.4, -0.2) is 19.8 Å². The number of fused-ring (bicyclic) bond motifs is 1. The number of hydrogen-bond donors (Lipinski definition) is 1. The number of aliphatic hydroxyl groups excluding tert-OH is 1. The van der Waals surface area contributed by atoms with Gasteiger partial charge in [0.1, 0.15) is 0 Å². The van der Waals surface area contributed by atoms with E-state index in [0.717, 1.165) is 29.3 Å². The predicted octanol–water partition coefficient (Wildman–Crippen LogP) is 3.17. The maximum absolute atomic E-state index is 9.46. The van der Waals surface area contributed by atoms with Crippen molar-refractivity contribution in [2.75, 3.05) is 0 Å². The molecule has 3 rings (SSSR count). The number of nitrogens with zero attached hydrogens (tertiary/aromatic N) is 3. The number of rotatable bonds is 5. The maximum atomic E-state index is 9.46. The number of hydrogen-bond acceptors (Lipinski definition) is 4. The third-order valence-electron chi connectivity index (χ3n) is 3.38. The zero-order chi connectivity index (χ0) is 14.8. The SMILES string of the molecule is CCCc1nc(Cn2cc(CO)c3ccc(Cl)cc32)no1. The Morgan fingerprint density at radius 2 is 2.24 bits per heavy atom. The van der Waals surface area contributed by atoms with Gasteiger partial charge in [-0.1, -0.05) is 29.7 Å². The van der Waals surface area contributed by atoms with Crippen molar-refractivity contribution in [2.45, 2.75) is 32.9 Å². The molecule has 0 aliphatic rings. The van der Waals surface area contributed by atoms with E-state index in [9.17, 15) is 5.11 Å². The molecular weight excluding hydrogens is 290 g/mol. The number of aliphatic hydroxyl groups is 1. The number of halogens is 1. The van der Waals surface area contributed by atoms with E-state index in [1.807, 2.05) is 29.0 Å². The summed E-state index contributed by atoms with van der Waals surface area (Å²) in [5.74, 6) is 1.28. The van der Waals surface area contributed by atoms with Crippen LogP contribution in [0.15, 0.2) is 28.9 Å². The first-order valence-electron chi connectivity index (χ1n) is 6.91. The van der Waals surface area contributed by atoms with Crippen LogP contribution in [-0.2, 0) is 19.6 Å². The largest absolute Gasteiger partial charge is 0.392 e. The first-order valence-corrected chi connectivity index (χ1v) is 7.28. The summed E-state index contributed by atoms with van der Waals surface area (Å²) >= 11 is 6.07. The minimum Gasteiger partial charge on any atom is -0.392 e. The van der Waals surface area contributed by atoms with Gasteiger partial charge in [0.05, 0.1) is 18.7 Å². The third kappa shape index (κ3) is 2.80. The van der Waals surface area contributed by atoms with Gasteiger partial charge >= 0.3 is 0 Å². The molecule has 1 aromatic carbocycles. The zero-order valence-corrected chi connectivity index (χ0v) is 12.5. The molecule has 0 amide bonds. The van der Waals surface area contributed by atoms with Gasteiger partial charge < -0.3 is 14.2 Å². The molecule has 6 heteroatoms. The molecule has 0 radical (unpaired) electrons. The second kappa shape index (κ2) is 5.87. The van der Waals surface area contributed by atoms with E-state index < -0.39 is 0 Å². The van der Waals surface area contributed by atoms with Crippen molar-refractivity contribution >= 4 is 22.5 Å². The number of benzene rings is 1. The molecule has 0 aliphatic carbocycles. The number of aromatic nitrogens is 3. The van der Waals surface area contributed by atoms with E-state index in [2.05, 4.69) is 17.1 Å². The van der Waals surface area contributed by atoms with Crippen LogP contribution in [0.3, 0.4) is 0 Å². The lowest BCUT2D eigenvalue weighted by Crippen LogP contribution is -2.00. The molecule has 0 aliphatic heterocycles. The fourth-order valence-electron chi connectivity index (χ4n) is 2.42. The van der Waals surface area contributed by atoms with Crippen LogP contribution in [0.1, 0.15) is 30.6 Å². The Hall–Kier alpha value is -1.85. The predicted molar refractivity (Wildman–Crippen MR) is 80.3 cm³/mol. The third-order valence-corrected chi connectivity index (χ3v) is 3.62. The molecule has 0 atom stereocenters. The summed E-state index contributed by atoms with van der Waals surface area (Å²) in [7, 11) is 0. The fourth-order valence-corrected chi connectivity index (χ4v) is 2.59. The molecule has 2 aromatic heterocycles. The van der Waals surface area contributed by atoms with Crippen molar-refractivity contribution in [1.82, 2.24) is 14.7 Å². The van der Waals surface area contributed by atoms with E-state index in [4.69, 9.17) is 16.1 Å². The van der Waals surface area contributed by atoms with E-state index in [1.54, 1.807) is 0 Å². The lowest BCUT2D eigenvalue weighted by Gasteiger charge is -2.01. The Bertz CT molecular complexity index is 763. The Morgan fingerprint density at radius 1 is 1.38 bits per heavy atom. The molecule has 1 N–H and O–H groups in total. The zero-order valence-electron chi connectivity index (χ0n) is 11.7. The second-order valence-electron chi connectivity index (χ2n) is 4.96. The van der Waals surface area contributed by atoms with Gasteiger partial charge in [-0.25, -0.2) is 0 Å². The minimum atomic E-state index is -0.0154. The summed E-state index contributed by atoms with van der Waals surface area (Å²) in [4.78, 5) is 4.37. The van der Waals surface area contributed by atoms with E-state index in [1.165, 1.54) is 0 Å². The van der Waals surface area contributed by atoms with Gasteiger partial charge in [0, 0.05) is 28.6 Å². The topological polar surface area (TPSA) is 64.1 Å². The second-order valence-corrected chi connectivity index (χ2v) is 5.39. The summed E-state index contributed by atoms with van der Waals surface area (Å²) in [5.41, 5.74) is 1.81. The Balaban J connectivity index is 1.97. The normalized spacial score (nSPS) is 11.4. The highest BCUT2D eigenvalue weighted by Crippen LogP contribution is 2.25. The van der Waals surface area contributed by atoms with Gasteiger partial charge in [0.2, 0.25) is 5.89 Å². The highest BCUT2D eigenvalue weighted by atomic mass is 35.5. The first-order chi connectivity index (χ1) is 10.2. The summed E-state index contributed by atoms with van der Waals surface area (Å²) in [6.07, 6.45) is 3.66. The molecule has 0 unspecified atom stereocenters. The van der Waals surface area contributed by atoms with Crippen LogP contribution in [0.25, 0.3) is 10.9 Å². The van der Waals surface area contributed by atoms with Crippen LogP contribution >= 0.6 is 11.6 Å². The van der Waals surface area contributed by atoms with E-state index in [0.29, 0.717) is 23.3 Å². The standard InChI is InChI=1S/C15H16ClN3O2/c1-2-3-15-17-14(18-21-15)8-19-7-10(9-20)12-5-4-11(16)6-13(12)19/h4-7,20H,2-3,8-9H2,1H3. The van der Waals surface area contributed by atoms with Gasteiger partial charge in [-0.15, -0.1) is 0 Å². The minimum absolute atomic E-state index is 0.0154. The Labute approximate surface area is 127 Å². The summed E-state index contributed by atoms with van der Waals surface area (Å²) < 4.78 is 7.18. The van der Waals surface area contributed by atoms with Gasteiger partial charge in [-0.3, -0.25) is 0 Å². The van der Waals surface area contributed by atoms with Crippen LogP contribution in [0.2, 0.25) is 5.02 Å². The molecule has 0 saturated carbocycles. The summed E-state index contributed by atoms with van der Waals surface area (Å²) in [6, 6.07) is 5.61. The monoisotopic (exact) mass is 305 g/mol. The average Bonchev–Trinajstić information content (AvgIpc) is 3.05. The van der Waals surface area contributed by atoms with Crippen LogP contribution in [0, 0.1) is 0 Å². The number of aryl methyl sites for hydroxylation is 1. The highest BCUT2D eigenvalue weighted by Gasteiger charge is 2.12. The Kier molecular flexibility index (Phi) is 3.94. The molecule has 0 bridgehead atoms. The average molecular weight is 306 g/mol. The fraction of sp³-hybridized carbons (Fsp3) is 0.333. The Morgan fingerprint density at radius 3 is 3.00 bits per heavy atom. The molecule has 5 nitrogen and oxygen atoms in total. The molecule has 110 valence electrons. The van der Waals surface area contributed by atoms with Crippen molar-refractivity contribution in [2.24, 2.45) is 0 Å². The van der Waals surface area contributed by atoms with Crippen molar-refractivity contribution in [3.63, 3.8) is 0 Å². The van der Waals surface area contributed by atoms with Gasteiger partial charge in [-0.2, -0.15) is 4.98 Å². The van der Waals surface area contributed by atoms with Gasteiger partial charge in [0.15, 0.2) is 5.82 Å². The summed E-state index contributed by atoms with van der Waals surface area (Å²) in [6.45, 7) is 2.54. The lowest BCUT2D eigenvalue weighted by molar-refractivity contribution is 0.283. The molecule has 21 heavy (non-hydrogen) atoms. The molecule has 2 heterocycles. The van der Waals surface area contributed by atoms with Crippen molar-refractivity contribution in [1.29, 1.82) is 0 Å². The van der Waals surface area contributed by atoms with Crippen LogP contribution in [0.4, 0.5) is 0 Å². The smallest absolute Gasteiger partial charge is 0.226 e. The van der Waals surface area contributed by atoms with Crippen molar-refractivity contribution in [3.05, 3.63) is 46.7 Å². The molecule has 0 spiro atoms. The highest BCUT2D eigenvalue weighted by molar-refractivity contribution is 6.31. The van der Waals surface area contributed by atoms with Gasteiger partial charge in [-0.05, 0) is 18.6 Å². The van der Waals surface area contributed by atoms with E-state index >= 15 is 0 Å². The van der Waals surface area contributed by atoms with E-state index in [-0.39, 0.29) is 6.61 Å². The molecule has 3 aromatic rings. The lowest BCUT2D eigenvalue weighted by atomic mass is 10.2. The van der Waals surface area contributed by atoms with Crippen LogP contribution < -0.4 is 0 Å². The molecular formula is C15H16ClN3O2. The first kappa shape index (κ1) is 14.1.